The van der Waals surface area contributed by atoms with Gasteiger partial charge < -0.3 is 19.7 Å². The molecule has 0 aliphatic carbocycles. The van der Waals surface area contributed by atoms with Gasteiger partial charge in [0.2, 0.25) is 0 Å². The van der Waals surface area contributed by atoms with Gasteiger partial charge in [0.1, 0.15) is 23.4 Å². The number of methoxy groups -OCH3 is 1. The zero-order valence-corrected chi connectivity index (χ0v) is 17.5. The minimum atomic E-state index is 0.154. The Balaban J connectivity index is 1.24. The van der Waals surface area contributed by atoms with Crippen molar-refractivity contribution in [2.75, 3.05) is 38.2 Å². The average molecular weight is 415 g/mol. The Morgan fingerprint density at radius 3 is 2.65 bits per heavy atom. The van der Waals surface area contributed by atoms with Crippen molar-refractivity contribution in [2.45, 2.75) is 18.9 Å². The first-order valence-corrected chi connectivity index (χ1v) is 10.8. The van der Waals surface area contributed by atoms with Crippen molar-refractivity contribution in [2.24, 2.45) is 0 Å². The third-order valence-electron chi connectivity index (χ3n) is 6.25. The van der Waals surface area contributed by atoms with E-state index in [4.69, 9.17) is 14.5 Å². The van der Waals surface area contributed by atoms with E-state index in [1.807, 2.05) is 35.0 Å². The Morgan fingerprint density at radius 1 is 0.968 bits per heavy atom. The van der Waals surface area contributed by atoms with Crippen LogP contribution >= 0.6 is 0 Å². The maximum Gasteiger partial charge on any atom is 0.157 e. The molecule has 0 bridgehead atoms. The molecule has 4 aromatic rings. The van der Waals surface area contributed by atoms with Crippen molar-refractivity contribution in [3.63, 3.8) is 0 Å². The summed E-state index contributed by atoms with van der Waals surface area (Å²) in [6.07, 6.45) is 3.92. The van der Waals surface area contributed by atoms with Crippen LogP contribution in [0.25, 0.3) is 16.4 Å². The molecule has 6 rings (SSSR count). The van der Waals surface area contributed by atoms with Gasteiger partial charge in [0.25, 0.3) is 0 Å². The third-order valence-corrected chi connectivity index (χ3v) is 6.25. The highest BCUT2D eigenvalue weighted by atomic mass is 16.5. The van der Waals surface area contributed by atoms with Gasteiger partial charge in [-0.1, -0.05) is 12.1 Å². The van der Waals surface area contributed by atoms with E-state index >= 15 is 0 Å². The molecule has 31 heavy (non-hydrogen) atoms. The Hall–Kier alpha value is -3.32. The Bertz CT molecular complexity index is 1260. The van der Waals surface area contributed by atoms with Gasteiger partial charge in [-0.05, 0) is 48.0 Å². The lowest BCUT2D eigenvalue weighted by Crippen LogP contribution is -2.55. The van der Waals surface area contributed by atoms with Crippen molar-refractivity contribution in [3.05, 3.63) is 59.9 Å². The van der Waals surface area contributed by atoms with Gasteiger partial charge in [-0.25, -0.2) is 4.98 Å². The number of aromatic nitrogens is 3. The van der Waals surface area contributed by atoms with Crippen molar-refractivity contribution in [1.82, 2.24) is 19.9 Å². The fraction of sp³-hybridized carbons (Fsp3) is 0.333. The SMILES string of the molecule is COc1ccc2ccc(OC3CN(c4c5c(nc6ccnn46)CCNCC5)C3)cc2c1. The van der Waals surface area contributed by atoms with Crippen LogP contribution in [0, 0.1) is 0 Å². The predicted molar refractivity (Wildman–Crippen MR) is 120 cm³/mol. The molecular weight excluding hydrogens is 390 g/mol. The van der Waals surface area contributed by atoms with Gasteiger partial charge in [0.15, 0.2) is 5.65 Å². The molecule has 2 aliphatic heterocycles. The van der Waals surface area contributed by atoms with Crippen LogP contribution in [0.5, 0.6) is 11.5 Å². The summed E-state index contributed by atoms with van der Waals surface area (Å²) < 4.78 is 13.7. The zero-order valence-electron chi connectivity index (χ0n) is 17.5. The summed E-state index contributed by atoms with van der Waals surface area (Å²) in [7, 11) is 1.69. The van der Waals surface area contributed by atoms with Crippen LogP contribution in [0.1, 0.15) is 11.3 Å². The monoisotopic (exact) mass is 415 g/mol. The zero-order chi connectivity index (χ0) is 20.8. The van der Waals surface area contributed by atoms with E-state index in [1.165, 1.54) is 22.5 Å². The number of hydrogen-bond acceptors (Lipinski definition) is 6. The molecule has 4 heterocycles. The number of hydrogen-bond donors (Lipinski definition) is 1. The molecule has 2 aromatic carbocycles. The first-order chi connectivity index (χ1) is 15.3. The molecule has 2 aromatic heterocycles. The van der Waals surface area contributed by atoms with Crippen molar-refractivity contribution >= 4 is 22.2 Å². The van der Waals surface area contributed by atoms with Gasteiger partial charge in [-0.15, -0.1) is 0 Å². The standard InChI is InChI=1S/C24H25N5O2/c1-30-18-4-2-16-3-5-19(13-17(16)12-18)31-20-14-28(15-20)24-21-6-9-25-10-7-22(21)27-23-8-11-26-29(23)24/h2-5,8,11-13,20,25H,6-7,9-10,14-15H2,1H3. The molecule has 0 atom stereocenters. The second kappa shape index (κ2) is 7.42. The van der Waals surface area contributed by atoms with E-state index < -0.39 is 0 Å². The molecule has 0 amide bonds. The molecule has 0 spiro atoms. The maximum atomic E-state index is 6.31. The van der Waals surface area contributed by atoms with Crippen LogP contribution in [0.2, 0.25) is 0 Å². The van der Waals surface area contributed by atoms with Crippen molar-refractivity contribution in [3.8, 4) is 11.5 Å². The van der Waals surface area contributed by atoms with E-state index in [0.717, 1.165) is 61.6 Å². The summed E-state index contributed by atoms with van der Waals surface area (Å²) in [5.74, 6) is 2.93. The molecule has 1 saturated heterocycles. The summed E-state index contributed by atoms with van der Waals surface area (Å²) >= 11 is 0. The van der Waals surface area contributed by atoms with Gasteiger partial charge in [-0.2, -0.15) is 9.61 Å². The van der Waals surface area contributed by atoms with E-state index in [-0.39, 0.29) is 6.10 Å². The second-order valence-electron chi connectivity index (χ2n) is 8.23. The number of nitrogens with one attached hydrogen (secondary N) is 1. The molecular formula is C24H25N5O2. The Morgan fingerprint density at radius 2 is 1.77 bits per heavy atom. The lowest BCUT2D eigenvalue weighted by Gasteiger charge is -2.41. The van der Waals surface area contributed by atoms with Crippen LogP contribution in [0.3, 0.4) is 0 Å². The van der Waals surface area contributed by atoms with E-state index in [0.29, 0.717) is 0 Å². The van der Waals surface area contributed by atoms with E-state index in [2.05, 4.69) is 33.5 Å². The number of nitrogens with zero attached hydrogens (tertiary/aromatic N) is 4. The summed E-state index contributed by atoms with van der Waals surface area (Å²) in [6, 6.07) is 14.3. The number of benzene rings is 2. The average Bonchev–Trinajstić information content (AvgIpc) is 3.11. The summed E-state index contributed by atoms with van der Waals surface area (Å²) in [5.41, 5.74) is 3.43. The fourth-order valence-corrected chi connectivity index (χ4v) is 4.62. The summed E-state index contributed by atoms with van der Waals surface area (Å²) in [5, 5.41) is 10.3. The third kappa shape index (κ3) is 3.25. The number of ether oxygens (including phenoxy) is 2. The van der Waals surface area contributed by atoms with Crippen LogP contribution in [-0.2, 0) is 12.8 Å². The smallest absolute Gasteiger partial charge is 0.157 e. The molecule has 7 nitrogen and oxygen atoms in total. The van der Waals surface area contributed by atoms with Crippen LogP contribution < -0.4 is 19.7 Å². The number of fused-ring (bicyclic) bond motifs is 3. The molecule has 7 heteroatoms. The molecule has 158 valence electrons. The molecule has 0 unspecified atom stereocenters. The van der Waals surface area contributed by atoms with Crippen LogP contribution in [0.15, 0.2) is 48.7 Å². The Labute approximate surface area is 180 Å². The van der Waals surface area contributed by atoms with Crippen LogP contribution in [0.4, 0.5) is 5.82 Å². The lowest BCUT2D eigenvalue weighted by atomic mass is 10.1. The van der Waals surface area contributed by atoms with Gasteiger partial charge in [0, 0.05) is 24.6 Å². The first-order valence-electron chi connectivity index (χ1n) is 10.8. The second-order valence-corrected chi connectivity index (χ2v) is 8.23. The highest BCUT2D eigenvalue weighted by Gasteiger charge is 2.33. The number of rotatable bonds is 4. The molecule has 1 N–H and O–H groups in total. The highest BCUT2D eigenvalue weighted by Crippen LogP contribution is 2.32. The fourth-order valence-electron chi connectivity index (χ4n) is 4.62. The minimum absolute atomic E-state index is 0.154. The highest BCUT2D eigenvalue weighted by molar-refractivity contribution is 5.85. The summed E-state index contributed by atoms with van der Waals surface area (Å²) in [6.45, 7) is 3.63. The van der Waals surface area contributed by atoms with Crippen molar-refractivity contribution in [1.29, 1.82) is 0 Å². The predicted octanol–water partition coefficient (Wildman–Crippen LogP) is 2.85. The topological polar surface area (TPSA) is 63.9 Å². The van der Waals surface area contributed by atoms with Crippen LogP contribution in [-0.4, -0.2) is 54.0 Å². The van der Waals surface area contributed by atoms with Gasteiger partial charge in [0.05, 0.1) is 32.1 Å². The molecule has 0 saturated carbocycles. The van der Waals surface area contributed by atoms with Gasteiger partial charge in [-0.3, -0.25) is 0 Å². The summed E-state index contributed by atoms with van der Waals surface area (Å²) in [4.78, 5) is 7.23. The van der Waals surface area contributed by atoms with Crippen molar-refractivity contribution < 1.29 is 9.47 Å². The normalized spacial score (nSPS) is 16.7. The lowest BCUT2D eigenvalue weighted by molar-refractivity contribution is 0.166. The quantitative estimate of drug-likeness (QED) is 0.553. The molecule has 1 fully saturated rings. The maximum absolute atomic E-state index is 6.31. The molecule has 2 aliphatic rings. The Kier molecular flexibility index (Phi) is 4.42. The largest absolute Gasteiger partial charge is 0.497 e. The van der Waals surface area contributed by atoms with E-state index in [9.17, 15) is 0 Å². The minimum Gasteiger partial charge on any atom is -0.497 e. The molecule has 0 radical (unpaired) electrons. The number of anilines is 1. The first kappa shape index (κ1) is 18.4. The van der Waals surface area contributed by atoms with Gasteiger partial charge >= 0.3 is 0 Å². The van der Waals surface area contributed by atoms with E-state index in [1.54, 1.807) is 7.11 Å².